The molecule has 4 rings (SSSR count). The number of nitrogens with zero attached hydrogens (tertiary/aromatic N) is 5. The minimum absolute atomic E-state index is 0.00852. The zero-order valence-electron chi connectivity index (χ0n) is 22.2. The fourth-order valence-corrected chi connectivity index (χ4v) is 4.36. The van der Waals surface area contributed by atoms with E-state index >= 15 is 0 Å². The summed E-state index contributed by atoms with van der Waals surface area (Å²) in [6, 6.07) is 5.31. The highest BCUT2D eigenvalue weighted by Crippen LogP contribution is 2.21. The molecular weight excluding hydrogens is 533 g/mol. The fourth-order valence-electron chi connectivity index (χ4n) is 4.36. The number of aryl methyl sites for hydroxylation is 2. The van der Waals surface area contributed by atoms with Gasteiger partial charge < -0.3 is 19.5 Å². The van der Waals surface area contributed by atoms with Crippen molar-refractivity contribution in [3.05, 3.63) is 67.9 Å². The molecule has 40 heavy (non-hydrogen) atoms. The van der Waals surface area contributed by atoms with Crippen LogP contribution in [0, 0.1) is 0 Å². The van der Waals surface area contributed by atoms with Gasteiger partial charge in [0.15, 0.2) is 11.2 Å². The first-order valence-corrected chi connectivity index (χ1v) is 12.6. The zero-order chi connectivity index (χ0) is 29.2. The maximum Gasteiger partial charge on any atom is 0.491 e. The summed E-state index contributed by atoms with van der Waals surface area (Å²) in [5, 5.41) is 3.29. The predicted molar refractivity (Wildman–Crippen MR) is 140 cm³/mol. The third-order valence-electron chi connectivity index (χ3n) is 6.52. The predicted octanol–water partition coefficient (Wildman–Crippen LogP) is 1.76. The average molecular weight is 563 g/mol. The molecular formula is C26H29F3N6O5. The molecule has 0 atom stereocenters. The van der Waals surface area contributed by atoms with Crippen LogP contribution in [0.2, 0.25) is 0 Å². The van der Waals surface area contributed by atoms with Crippen molar-refractivity contribution in [2.45, 2.75) is 39.5 Å². The van der Waals surface area contributed by atoms with Gasteiger partial charge in [-0.25, -0.2) is 14.4 Å². The summed E-state index contributed by atoms with van der Waals surface area (Å²) >= 11 is 0. The Morgan fingerprint density at radius 1 is 1.07 bits per heavy atom. The minimum Gasteiger partial charge on any atom is -0.383 e. The third-order valence-corrected chi connectivity index (χ3v) is 6.52. The third kappa shape index (κ3) is 6.01. The molecule has 11 nitrogen and oxygen atoms in total. The maximum atomic E-state index is 13.7. The number of allylic oxidation sites excluding steroid dienone is 2. The van der Waals surface area contributed by atoms with E-state index in [-0.39, 0.29) is 18.5 Å². The first-order valence-electron chi connectivity index (χ1n) is 12.6. The van der Waals surface area contributed by atoms with Crippen molar-refractivity contribution in [3.8, 4) is 0 Å². The van der Waals surface area contributed by atoms with Gasteiger partial charge in [0.1, 0.15) is 0 Å². The van der Waals surface area contributed by atoms with E-state index in [4.69, 9.17) is 4.98 Å². The smallest absolute Gasteiger partial charge is 0.383 e. The Labute approximate surface area is 226 Å². The molecule has 0 saturated carbocycles. The molecule has 1 aliphatic heterocycles. The van der Waals surface area contributed by atoms with Gasteiger partial charge in [0.2, 0.25) is 5.95 Å². The second kappa shape index (κ2) is 11.5. The van der Waals surface area contributed by atoms with Crippen LogP contribution in [0.5, 0.6) is 0 Å². The highest BCUT2D eigenvalue weighted by atomic mass is 19.4. The molecule has 2 aromatic heterocycles. The van der Waals surface area contributed by atoms with Gasteiger partial charge in [-0.3, -0.25) is 13.9 Å². The highest BCUT2D eigenvalue weighted by Gasteiger charge is 2.42. The average Bonchev–Trinajstić information content (AvgIpc) is 3.30. The lowest BCUT2D eigenvalue weighted by Crippen LogP contribution is -2.44. The Morgan fingerprint density at radius 2 is 1.73 bits per heavy atom. The molecule has 1 aromatic carbocycles. The van der Waals surface area contributed by atoms with Crippen LogP contribution in [-0.4, -0.2) is 63.0 Å². The number of ether oxygens (including phenoxy) is 1. The largest absolute Gasteiger partial charge is 0.491 e. The summed E-state index contributed by atoms with van der Waals surface area (Å²) < 4.78 is 45.2. The number of imidazole rings is 1. The lowest BCUT2D eigenvalue weighted by molar-refractivity contribution is -0.193. The number of anilines is 1. The first kappa shape index (κ1) is 28.8. The van der Waals surface area contributed by atoms with Crippen molar-refractivity contribution in [2.75, 3.05) is 31.1 Å². The Kier molecular flexibility index (Phi) is 8.28. The van der Waals surface area contributed by atoms with Crippen molar-refractivity contribution in [1.82, 2.24) is 24.0 Å². The molecule has 3 heterocycles. The highest BCUT2D eigenvalue weighted by molar-refractivity contribution is 5.98. The van der Waals surface area contributed by atoms with Gasteiger partial charge in [-0.15, -0.1) is 0 Å². The van der Waals surface area contributed by atoms with E-state index in [1.165, 1.54) is 28.8 Å². The Morgan fingerprint density at radius 3 is 2.33 bits per heavy atom. The summed E-state index contributed by atoms with van der Waals surface area (Å²) in [6.07, 6.45) is -3.09. The number of piperazine rings is 1. The maximum absolute atomic E-state index is 13.7. The molecule has 14 heteroatoms. The van der Waals surface area contributed by atoms with Crippen molar-refractivity contribution >= 4 is 29.1 Å². The number of carbonyl (C=O) groups excluding carboxylic acids is 2. The molecule has 1 aliphatic rings. The molecule has 214 valence electrons. The second-order valence-corrected chi connectivity index (χ2v) is 9.63. The normalized spacial score (nSPS) is 13.9. The second-order valence-electron chi connectivity index (χ2n) is 9.63. The fraction of sp³-hybridized carbons (Fsp3) is 0.423. The Bertz CT molecular complexity index is 1570. The Hall–Kier alpha value is -4.20. The monoisotopic (exact) mass is 562 g/mol. The van der Waals surface area contributed by atoms with Crippen LogP contribution in [0.4, 0.5) is 19.1 Å². The van der Waals surface area contributed by atoms with Gasteiger partial charge in [0, 0.05) is 46.3 Å². The van der Waals surface area contributed by atoms with Gasteiger partial charge in [-0.2, -0.15) is 18.2 Å². The molecule has 0 bridgehead atoms. The van der Waals surface area contributed by atoms with Crippen LogP contribution in [-0.2, 0) is 36.1 Å². The van der Waals surface area contributed by atoms with Crippen molar-refractivity contribution in [3.63, 3.8) is 0 Å². The van der Waals surface area contributed by atoms with Crippen molar-refractivity contribution < 1.29 is 27.5 Å². The van der Waals surface area contributed by atoms with Gasteiger partial charge in [-0.1, -0.05) is 23.8 Å². The SMILES string of the molecule is CC(C)=CCn1c(N2CCNCC2)nc2c1c(=O)n(CCc1ccc(C(=O)OC(=O)C(F)(F)F)cc1)c(=O)n2C. The number of nitrogens with one attached hydrogen (secondary N) is 1. The zero-order valence-corrected chi connectivity index (χ0v) is 22.2. The van der Waals surface area contributed by atoms with E-state index in [0.717, 1.165) is 23.2 Å². The molecule has 0 spiro atoms. The van der Waals surface area contributed by atoms with Gasteiger partial charge in [-0.05, 0) is 38.0 Å². The summed E-state index contributed by atoms with van der Waals surface area (Å²) in [7, 11) is 1.56. The molecule has 0 amide bonds. The molecule has 3 aromatic rings. The lowest BCUT2D eigenvalue weighted by Gasteiger charge is -2.28. The topological polar surface area (TPSA) is 120 Å². The number of fused-ring (bicyclic) bond motifs is 1. The van der Waals surface area contributed by atoms with E-state index in [9.17, 15) is 32.3 Å². The molecule has 1 saturated heterocycles. The number of hydrogen-bond donors (Lipinski definition) is 1. The Balaban J connectivity index is 1.63. The van der Waals surface area contributed by atoms with Crippen LogP contribution in [0.15, 0.2) is 45.5 Å². The van der Waals surface area contributed by atoms with Crippen LogP contribution in [0.3, 0.4) is 0 Å². The summed E-state index contributed by atoms with van der Waals surface area (Å²) in [5.74, 6) is -3.42. The van der Waals surface area contributed by atoms with E-state index < -0.39 is 29.4 Å². The van der Waals surface area contributed by atoms with Gasteiger partial charge in [0.25, 0.3) is 5.56 Å². The van der Waals surface area contributed by atoms with Crippen LogP contribution >= 0.6 is 0 Å². The molecule has 0 radical (unpaired) electrons. The number of esters is 2. The van der Waals surface area contributed by atoms with Gasteiger partial charge >= 0.3 is 23.8 Å². The number of carbonyl (C=O) groups is 2. The van der Waals surface area contributed by atoms with Crippen molar-refractivity contribution in [1.29, 1.82) is 0 Å². The number of rotatable bonds is 7. The number of aromatic nitrogens is 4. The summed E-state index contributed by atoms with van der Waals surface area (Å²) in [5.41, 5.74) is 0.987. The van der Waals surface area contributed by atoms with Crippen LogP contribution < -0.4 is 21.5 Å². The first-order chi connectivity index (χ1) is 18.9. The van der Waals surface area contributed by atoms with Crippen molar-refractivity contribution in [2.24, 2.45) is 7.05 Å². The number of alkyl halides is 3. The van der Waals surface area contributed by atoms with E-state index in [1.54, 1.807) is 7.05 Å². The quantitative estimate of drug-likeness (QED) is 0.263. The van der Waals surface area contributed by atoms with Crippen LogP contribution in [0.1, 0.15) is 29.8 Å². The standard InChI is InChI=1S/C26H29F3N6O5/c1-16(2)8-12-34-19-20(31-24(34)33-14-10-30-11-15-33)32(3)25(39)35(21(19)36)13-9-17-4-6-18(7-5-17)22(37)40-23(38)26(27,28)29/h4-8,30H,9-15H2,1-3H3. The van der Waals surface area contributed by atoms with E-state index in [0.29, 0.717) is 42.3 Å². The molecule has 1 fully saturated rings. The van der Waals surface area contributed by atoms with E-state index in [1.807, 2.05) is 24.5 Å². The molecule has 1 N–H and O–H groups in total. The van der Waals surface area contributed by atoms with Gasteiger partial charge in [0.05, 0.1) is 5.56 Å². The summed E-state index contributed by atoms with van der Waals surface area (Å²) in [6.45, 7) is 7.26. The molecule has 0 aliphatic carbocycles. The van der Waals surface area contributed by atoms with E-state index in [2.05, 4.69) is 15.0 Å². The number of halogens is 3. The molecule has 0 unspecified atom stereocenters. The number of hydrogen-bond acceptors (Lipinski definition) is 8. The number of benzene rings is 1. The minimum atomic E-state index is -5.29. The summed E-state index contributed by atoms with van der Waals surface area (Å²) in [4.78, 5) is 56.4. The lowest BCUT2D eigenvalue weighted by atomic mass is 10.1. The van der Waals surface area contributed by atoms with Crippen LogP contribution in [0.25, 0.3) is 11.2 Å².